The maximum absolute atomic E-state index is 13.0. The van der Waals surface area contributed by atoms with Gasteiger partial charge in [0.2, 0.25) is 5.78 Å². The molecule has 0 spiro atoms. The molecule has 0 radical (unpaired) electrons. The second kappa shape index (κ2) is 5.86. The molecule has 1 aromatic rings. The first-order valence-corrected chi connectivity index (χ1v) is 5.68. The number of carbonyl (C=O) groups is 1. The number of ketones is 1. The number of rotatable bonds is 4. The van der Waals surface area contributed by atoms with Crippen LogP contribution in [-0.4, -0.2) is 23.8 Å². The minimum atomic E-state index is -6.62. The van der Waals surface area contributed by atoms with Crippen LogP contribution in [0.25, 0.3) is 5.03 Å². The molecule has 22 heavy (non-hydrogen) atoms. The Labute approximate surface area is 123 Å². The summed E-state index contributed by atoms with van der Waals surface area (Å²) in [5.74, 6) is -16.2. The quantitative estimate of drug-likeness (QED) is 0.561. The lowest BCUT2D eigenvalue weighted by Crippen LogP contribution is -2.55. The van der Waals surface area contributed by atoms with Crippen LogP contribution in [0.15, 0.2) is 30.3 Å². The van der Waals surface area contributed by atoms with Crippen LogP contribution >= 0.6 is 11.6 Å². The molecular formula is C12H5ClF8O. The van der Waals surface area contributed by atoms with Gasteiger partial charge in [0.15, 0.2) is 0 Å². The van der Waals surface area contributed by atoms with E-state index in [4.69, 9.17) is 11.6 Å². The summed E-state index contributed by atoms with van der Waals surface area (Å²) in [7, 11) is 0. The number of carbonyl (C=O) groups excluding carboxylic acids is 1. The maximum Gasteiger partial charge on any atom is 0.460 e. The smallest absolute Gasteiger partial charge is 0.288 e. The third-order valence-electron chi connectivity index (χ3n) is 2.44. The van der Waals surface area contributed by atoms with Gasteiger partial charge in [-0.15, -0.1) is 0 Å². The summed E-state index contributed by atoms with van der Waals surface area (Å²) >= 11 is 5.38. The Morgan fingerprint density at radius 2 is 1.41 bits per heavy atom. The van der Waals surface area contributed by atoms with Crippen LogP contribution in [0.3, 0.4) is 0 Å². The van der Waals surface area contributed by atoms with Crippen LogP contribution < -0.4 is 0 Å². The summed E-state index contributed by atoms with van der Waals surface area (Å²) in [5, 5.41) is -0.845. The van der Waals surface area contributed by atoms with Gasteiger partial charge in [-0.05, 0) is 17.7 Å². The molecule has 0 aliphatic rings. The summed E-state index contributed by atoms with van der Waals surface area (Å²) in [4.78, 5) is 11.0. The molecule has 1 rings (SSSR count). The molecule has 0 heterocycles. The van der Waals surface area contributed by atoms with Crippen molar-refractivity contribution in [1.82, 2.24) is 0 Å². The van der Waals surface area contributed by atoms with Crippen LogP contribution in [0.4, 0.5) is 35.1 Å². The zero-order valence-corrected chi connectivity index (χ0v) is 11.0. The summed E-state index contributed by atoms with van der Waals surface area (Å²) in [6.45, 7) is 0. The Kier molecular flexibility index (Phi) is 4.91. The van der Waals surface area contributed by atoms with E-state index in [9.17, 15) is 39.9 Å². The first-order chi connectivity index (χ1) is 9.80. The molecule has 1 aromatic carbocycles. The Morgan fingerprint density at radius 1 is 0.955 bits per heavy atom. The first-order valence-electron chi connectivity index (χ1n) is 5.30. The summed E-state index contributed by atoms with van der Waals surface area (Å²) in [6.07, 6.45) is -6.89. The van der Waals surface area contributed by atoms with Crippen molar-refractivity contribution in [3.8, 4) is 0 Å². The largest absolute Gasteiger partial charge is 0.460 e. The Hall–Kier alpha value is -1.64. The minimum Gasteiger partial charge on any atom is -0.288 e. The lowest BCUT2D eigenvalue weighted by molar-refractivity contribution is -0.342. The van der Waals surface area contributed by atoms with Crippen LogP contribution in [0.2, 0.25) is 0 Å². The van der Waals surface area contributed by atoms with Crippen LogP contribution in [0.1, 0.15) is 5.56 Å². The highest BCUT2D eigenvalue weighted by molar-refractivity contribution is 6.50. The van der Waals surface area contributed by atoms with Gasteiger partial charge < -0.3 is 0 Å². The fourth-order valence-electron chi connectivity index (χ4n) is 1.23. The number of alkyl halides is 7. The van der Waals surface area contributed by atoms with Gasteiger partial charge in [-0.1, -0.05) is 23.7 Å². The SMILES string of the molecule is O=C(/C=C(\Cl)c1ccc(F)cc1)C(F)(F)C(F)(F)C(F)(F)F. The fraction of sp³-hybridized carbons (Fsp3) is 0.250. The predicted octanol–water partition coefficient (Wildman–Crippen LogP) is 4.81. The Bertz CT molecular complexity index is 588. The molecular weight excluding hydrogens is 348 g/mol. The summed E-state index contributed by atoms with van der Waals surface area (Å²) < 4.78 is 99.8. The van der Waals surface area contributed by atoms with E-state index in [-0.39, 0.29) is 11.6 Å². The second-order valence-corrected chi connectivity index (χ2v) is 4.42. The maximum atomic E-state index is 13.0. The van der Waals surface area contributed by atoms with Gasteiger partial charge >= 0.3 is 18.0 Å². The van der Waals surface area contributed by atoms with E-state index in [0.29, 0.717) is 0 Å². The van der Waals surface area contributed by atoms with E-state index < -0.39 is 34.7 Å². The molecule has 0 aliphatic heterocycles. The zero-order valence-electron chi connectivity index (χ0n) is 10.2. The molecule has 0 bridgehead atoms. The second-order valence-electron chi connectivity index (χ2n) is 4.01. The predicted molar refractivity (Wildman–Crippen MR) is 61.2 cm³/mol. The Morgan fingerprint density at radius 3 is 1.82 bits per heavy atom. The Balaban J connectivity index is 3.14. The highest BCUT2D eigenvalue weighted by atomic mass is 35.5. The normalized spacial score (nSPS) is 14.1. The number of halogens is 9. The third-order valence-corrected chi connectivity index (χ3v) is 2.76. The average molecular weight is 353 g/mol. The van der Waals surface area contributed by atoms with Crippen molar-refractivity contribution in [3.63, 3.8) is 0 Å². The molecule has 0 saturated carbocycles. The van der Waals surface area contributed by atoms with Crippen molar-refractivity contribution in [2.24, 2.45) is 0 Å². The van der Waals surface area contributed by atoms with E-state index in [2.05, 4.69) is 0 Å². The topological polar surface area (TPSA) is 17.1 Å². The average Bonchev–Trinajstić information content (AvgIpc) is 2.37. The lowest BCUT2D eigenvalue weighted by atomic mass is 10.1. The van der Waals surface area contributed by atoms with Crippen molar-refractivity contribution in [2.75, 3.05) is 0 Å². The first kappa shape index (κ1) is 18.4. The van der Waals surface area contributed by atoms with E-state index in [0.717, 1.165) is 24.3 Å². The van der Waals surface area contributed by atoms with Gasteiger partial charge in [-0.3, -0.25) is 4.79 Å². The van der Waals surface area contributed by atoms with Crippen LogP contribution in [-0.2, 0) is 4.79 Å². The molecule has 10 heteroatoms. The zero-order chi connectivity index (χ0) is 17.3. The van der Waals surface area contributed by atoms with Gasteiger partial charge in [0, 0.05) is 6.08 Å². The van der Waals surface area contributed by atoms with E-state index in [1.54, 1.807) is 0 Å². The molecule has 0 saturated heterocycles. The van der Waals surface area contributed by atoms with E-state index >= 15 is 0 Å². The molecule has 0 fully saturated rings. The molecule has 0 atom stereocenters. The van der Waals surface area contributed by atoms with Gasteiger partial charge in [-0.2, -0.15) is 30.7 Å². The van der Waals surface area contributed by atoms with Crippen LogP contribution in [0.5, 0.6) is 0 Å². The minimum absolute atomic E-state index is 0.220. The van der Waals surface area contributed by atoms with E-state index in [1.807, 2.05) is 0 Å². The molecule has 0 amide bonds. The number of hydrogen-bond donors (Lipinski definition) is 0. The molecule has 0 aliphatic carbocycles. The summed E-state index contributed by atoms with van der Waals surface area (Å²) in [6, 6.07) is 3.47. The van der Waals surface area contributed by atoms with Crippen molar-refractivity contribution in [1.29, 1.82) is 0 Å². The molecule has 122 valence electrons. The highest BCUT2D eigenvalue weighted by Crippen LogP contribution is 2.47. The molecule has 0 unspecified atom stereocenters. The van der Waals surface area contributed by atoms with Gasteiger partial charge in [0.1, 0.15) is 5.82 Å². The standard InChI is InChI=1S/C12H5ClF8O/c13-8(6-1-3-7(14)4-2-6)5-9(22)10(15,16)11(17,18)12(19,20)21/h1-5H/b8-5-. The molecule has 1 nitrogen and oxygen atoms in total. The van der Waals surface area contributed by atoms with Crippen molar-refractivity contribution >= 4 is 22.4 Å². The van der Waals surface area contributed by atoms with Gasteiger partial charge in [0.05, 0.1) is 5.03 Å². The summed E-state index contributed by atoms with van der Waals surface area (Å²) in [5.41, 5.74) is -0.220. The van der Waals surface area contributed by atoms with Crippen molar-refractivity contribution in [2.45, 2.75) is 18.0 Å². The third kappa shape index (κ3) is 3.40. The van der Waals surface area contributed by atoms with Crippen LogP contribution in [0, 0.1) is 5.82 Å². The molecule has 0 aromatic heterocycles. The highest BCUT2D eigenvalue weighted by Gasteiger charge is 2.75. The van der Waals surface area contributed by atoms with E-state index in [1.165, 1.54) is 0 Å². The number of allylic oxidation sites excluding steroid dienone is 1. The van der Waals surface area contributed by atoms with Crippen molar-refractivity contribution in [3.05, 3.63) is 41.7 Å². The van der Waals surface area contributed by atoms with Crippen molar-refractivity contribution < 1.29 is 39.9 Å². The lowest BCUT2D eigenvalue weighted by Gasteiger charge is -2.26. The molecule has 0 N–H and O–H groups in total. The van der Waals surface area contributed by atoms with Gasteiger partial charge in [0.25, 0.3) is 0 Å². The monoisotopic (exact) mass is 352 g/mol. The number of benzene rings is 1. The number of hydrogen-bond acceptors (Lipinski definition) is 1. The fourth-order valence-corrected chi connectivity index (χ4v) is 1.46. The van der Waals surface area contributed by atoms with Gasteiger partial charge in [-0.25, -0.2) is 4.39 Å².